The average molecular weight is 492 g/mol. The van der Waals surface area contributed by atoms with Gasteiger partial charge in [0.2, 0.25) is 5.91 Å². The molecule has 182 valence electrons. The Labute approximate surface area is 204 Å². The van der Waals surface area contributed by atoms with Gasteiger partial charge in [0.1, 0.15) is 5.82 Å². The van der Waals surface area contributed by atoms with Crippen LogP contribution in [0.25, 0.3) is 10.9 Å². The molecule has 1 aliphatic rings. The van der Waals surface area contributed by atoms with E-state index in [4.69, 9.17) is 0 Å². The van der Waals surface area contributed by atoms with Crippen molar-refractivity contribution in [3.05, 3.63) is 102 Å². The van der Waals surface area contributed by atoms with Gasteiger partial charge in [-0.15, -0.1) is 0 Å². The van der Waals surface area contributed by atoms with Gasteiger partial charge in [-0.1, -0.05) is 30.3 Å². The Hall–Kier alpha value is -4.27. The summed E-state index contributed by atoms with van der Waals surface area (Å²) in [6.45, 7) is 1.44. The quantitative estimate of drug-likeness (QED) is 0.318. The molecule has 0 fully saturated rings. The molecular weight excluding hydrogens is 472 g/mol. The summed E-state index contributed by atoms with van der Waals surface area (Å²) in [4.78, 5) is 16.4. The lowest BCUT2D eigenvalue weighted by molar-refractivity contribution is -0.137. The zero-order chi connectivity index (χ0) is 25.4. The van der Waals surface area contributed by atoms with Crippen LogP contribution in [0.15, 0.2) is 84.1 Å². The molecule has 4 aromatic rings. The second kappa shape index (κ2) is 9.07. The largest absolute Gasteiger partial charge is 0.416 e. The minimum atomic E-state index is -4.45. The second-order valence-electron chi connectivity index (χ2n) is 8.48. The molecule has 1 amide bonds. The first kappa shape index (κ1) is 23.5. The van der Waals surface area contributed by atoms with Crippen molar-refractivity contribution in [3.8, 4) is 0 Å². The summed E-state index contributed by atoms with van der Waals surface area (Å²) in [5.41, 5.74) is 3.00. The van der Waals surface area contributed by atoms with E-state index in [1.165, 1.54) is 36.3 Å². The molecule has 1 N–H and O–H groups in total. The topological polar surface area (TPSA) is 57.6 Å². The van der Waals surface area contributed by atoms with E-state index in [1.54, 1.807) is 18.2 Å². The van der Waals surface area contributed by atoms with Crippen LogP contribution in [0.3, 0.4) is 0 Å². The number of anilines is 2. The van der Waals surface area contributed by atoms with Gasteiger partial charge in [0.05, 0.1) is 22.8 Å². The van der Waals surface area contributed by atoms with Crippen LogP contribution < -0.4 is 5.32 Å². The molecule has 0 bridgehead atoms. The third-order valence-electron chi connectivity index (χ3n) is 6.03. The van der Waals surface area contributed by atoms with Crippen molar-refractivity contribution in [2.45, 2.75) is 25.6 Å². The Morgan fingerprint density at radius 2 is 1.81 bits per heavy atom. The van der Waals surface area contributed by atoms with Gasteiger partial charge in [-0.05, 0) is 53.6 Å². The van der Waals surface area contributed by atoms with Gasteiger partial charge in [0.25, 0.3) is 0 Å². The number of carbonyl (C=O) groups is 1. The average Bonchev–Trinajstić information content (AvgIpc) is 3.30. The summed E-state index contributed by atoms with van der Waals surface area (Å²) in [7, 11) is 0. The Balaban J connectivity index is 1.43. The number of carbonyl (C=O) groups excluding carboxylic acids is 1. The van der Waals surface area contributed by atoms with Crippen molar-refractivity contribution in [2.75, 3.05) is 5.32 Å². The Morgan fingerprint density at radius 1 is 1.03 bits per heavy atom. The number of halogens is 4. The number of rotatable bonds is 4. The molecule has 2 heterocycles. The maximum absolute atomic E-state index is 13.3. The number of aromatic nitrogens is 1. The fourth-order valence-corrected chi connectivity index (χ4v) is 4.29. The number of hydrogen-bond donors (Lipinski definition) is 1. The van der Waals surface area contributed by atoms with E-state index in [2.05, 4.69) is 15.4 Å². The zero-order valence-corrected chi connectivity index (χ0v) is 19.1. The molecule has 0 saturated heterocycles. The van der Waals surface area contributed by atoms with E-state index in [0.29, 0.717) is 28.9 Å². The molecule has 0 saturated carbocycles. The summed E-state index contributed by atoms with van der Waals surface area (Å²) < 4.78 is 52.6. The van der Waals surface area contributed by atoms with Crippen LogP contribution in [0, 0.1) is 5.82 Å². The molecule has 36 heavy (non-hydrogen) atoms. The minimum Gasteiger partial charge on any atom is -0.355 e. The summed E-state index contributed by atoms with van der Waals surface area (Å²) in [5.74, 6) is -0.578. The van der Waals surface area contributed by atoms with Crippen LogP contribution in [0.2, 0.25) is 0 Å². The Kier molecular flexibility index (Phi) is 5.91. The van der Waals surface area contributed by atoms with E-state index in [1.807, 2.05) is 24.3 Å². The summed E-state index contributed by atoms with van der Waals surface area (Å²) in [6.07, 6.45) is -2.55. The van der Waals surface area contributed by atoms with Crippen molar-refractivity contribution in [1.82, 2.24) is 9.99 Å². The fourth-order valence-electron chi connectivity index (χ4n) is 4.29. The molecule has 0 aliphatic carbocycles. The van der Waals surface area contributed by atoms with Crippen LogP contribution in [0.5, 0.6) is 0 Å². The predicted octanol–water partition coefficient (Wildman–Crippen LogP) is 6.83. The van der Waals surface area contributed by atoms with Gasteiger partial charge in [-0.25, -0.2) is 9.40 Å². The number of fused-ring (bicyclic) bond motifs is 1. The van der Waals surface area contributed by atoms with E-state index < -0.39 is 11.7 Å². The van der Waals surface area contributed by atoms with Crippen molar-refractivity contribution in [2.24, 2.45) is 5.10 Å². The van der Waals surface area contributed by atoms with Crippen molar-refractivity contribution in [1.29, 1.82) is 0 Å². The number of alkyl halides is 3. The van der Waals surface area contributed by atoms with E-state index in [0.717, 1.165) is 23.3 Å². The molecule has 3 aromatic carbocycles. The maximum atomic E-state index is 13.3. The van der Waals surface area contributed by atoms with Gasteiger partial charge < -0.3 is 5.32 Å². The zero-order valence-electron chi connectivity index (χ0n) is 19.1. The molecular formula is C27H20F4N4O. The highest BCUT2D eigenvalue weighted by molar-refractivity contribution is 6.03. The van der Waals surface area contributed by atoms with Crippen LogP contribution in [0.4, 0.5) is 28.9 Å². The number of nitrogens with one attached hydrogen (secondary N) is 1. The van der Waals surface area contributed by atoms with Gasteiger partial charge in [-0.3, -0.25) is 9.78 Å². The van der Waals surface area contributed by atoms with Gasteiger partial charge >= 0.3 is 6.18 Å². The maximum Gasteiger partial charge on any atom is 0.416 e. The fraction of sp³-hybridized carbons (Fsp3) is 0.148. The first-order chi connectivity index (χ1) is 17.2. The number of pyridine rings is 1. The van der Waals surface area contributed by atoms with Crippen molar-refractivity contribution in [3.63, 3.8) is 0 Å². The number of amides is 1. The highest BCUT2D eigenvalue weighted by Gasteiger charge is 2.32. The molecule has 0 radical (unpaired) electrons. The smallest absolute Gasteiger partial charge is 0.355 e. The third kappa shape index (κ3) is 4.64. The van der Waals surface area contributed by atoms with E-state index >= 15 is 0 Å². The molecule has 1 aliphatic heterocycles. The highest BCUT2D eigenvalue weighted by Crippen LogP contribution is 2.36. The molecule has 1 unspecified atom stereocenters. The third-order valence-corrected chi connectivity index (χ3v) is 6.03. The molecule has 1 atom stereocenters. The van der Waals surface area contributed by atoms with Gasteiger partial charge in [0.15, 0.2) is 0 Å². The normalized spacial score (nSPS) is 15.8. The SMILES string of the molecule is CC(=O)N1N=C(c2ccc(F)cc2)CC1c1cccc(Nc2ccnc3cc(C(F)(F)F)ccc23)c1. The van der Waals surface area contributed by atoms with Crippen LogP contribution in [-0.2, 0) is 11.0 Å². The first-order valence-corrected chi connectivity index (χ1v) is 11.2. The lowest BCUT2D eigenvalue weighted by Gasteiger charge is -2.21. The van der Waals surface area contributed by atoms with Gasteiger partial charge in [-0.2, -0.15) is 18.3 Å². The highest BCUT2D eigenvalue weighted by atomic mass is 19.4. The number of benzene rings is 3. The molecule has 5 nitrogen and oxygen atoms in total. The summed E-state index contributed by atoms with van der Waals surface area (Å²) >= 11 is 0. The first-order valence-electron chi connectivity index (χ1n) is 11.2. The van der Waals surface area contributed by atoms with Crippen molar-refractivity contribution >= 4 is 33.9 Å². The van der Waals surface area contributed by atoms with Gasteiger partial charge in [0, 0.05) is 36.3 Å². The molecule has 1 aromatic heterocycles. The van der Waals surface area contributed by atoms with Crippen LogP contribution in [0.1, 0.15) is 36.1 Å². The predicted molar refractivity (Wildman–Crippen MR) is 129 cm³/mol. The summed E-state index contributed by atoms with van der Waals surface area (Å²) in [6, 6.07) is 18.2. The second-order valence-corrected chi connectivity index (χ2v) is 8.48. The lowest BCUT2D eigenvalue weighted by Crippen LogP contribution is -2.24. The van der Waals surface area contributed by atoms with Crippen molar-refractivity contribution < 1.29 is 22.4 Å². The van der Waals surface area contributed by atoms with Crippen LogP contribution in [-0.4, -0.2) is 21.6 Å². The molecule has 0 spiro atoms. The van der Waals surface area contributed by atoms with E-state index in [-0.39, 0.29) is 23.3 Å². The van der Waals surface area contributed by atoms with E-state index in [9.17, 15) is 22.4 Å². The Morgan fingerprint density at radius 3 is 2.53 bits per heavy atom. The standard InChI is InChI=1S/C27H20F4N4O/c1-16(36)35-26(15-24(34-35)17-5-8-20(28)9-6-17)18-3-2-4-21(13-18)33-23-11-12-32-25-14-19(27(29,30)31)7-10-22(23)25/h2-14,26H,15H2,1H3,(H,32,33). The minimum absolute atomic E-state index is 0.224. The Bertz CT molecular complexity index is 1480. The molecule has 9 heteroatoms. The number of hydrazone groups is 1. The number of hydrogen-bond acceptors (Lipinski definition) is 4. The monoisotopic (exact) mass is 492 g/mol. The lowest BCUT2D eigenvalue weighted by atomic mass is 9.98. The summed E-state index contributed by atoms with van der Waals surface area (Å²) in [5, 5.41) is 9.70. The number of nitrogens with zero attached hydrogens (tertiary/aromatic N) is 3. The molecule has 5 rings (SSSR count). The van der Waals surface area contributed by atoms with Crippen LogP contribution >= 0.6 is 0 Å².